The highest BCUT2D eigenvalue weighted by Gasteiger charge is 2.42. The summed E-state index contributed by atoms with van der Waals surface area (Å²) in [6.07, 6.45) is -4.54. The van der Waals surface area contributed by atoms with Crippen molar-refractivity contribution < 1.29 is 45.7 Å². The summed E-state index contributed by atoms with van der Waals surface area (Å²) in [5.41, 5.74) is -2.07. The fourth-order valence-electron chi connectivity index (χ4n) is 4.14. The normalized spacial score (nSPS) is 16.9. The highest BCUT2D eigenvalue weighted by Crippen LogP contribution is 2.38. The molecule has 0 aromatic heterocycles. The Hall–Kier alpha value is -2.92. The number of benzene rings is 2. The number of hydrogen-bond donors (Lipinski definition) is 1. The predicted octanol–water partition coefficient (Wildman–Crippen LogP) is 6.97. The Morgan fingerprint density at radius 2 is 1.68 bits per heavy atom. The van der Waals surface area contributed by atoms with Crippen molar-refractivity contribution >= 4 is 6.09 Å². The van der Waals surface area contributed by atoms with Crippen LogP contribution in [-0.4, -0.2) is 42.8 Å². The molecule has 2 aromatic carbocycles. The van der Waals surface area contributed by atoms with Crippen LogP contribution < -0.4 is 10.1 Å². The van der Waals surface area contributed by atoms with Crippen LogP contribution in [0.1, 0.15) is 64.2 Å². The topological polar surface area (TPSA) is 66.0 Å². The second-order valence-electron chi connectivity index (χ2n) is 11.4. The number of ether oxygens (including phenoxy) is 4. The van der Waals surface area contributed by atoms with E-state index in [1.807, 2.05) is 0 Å². The summed E-state index contributed by atoms with van der Waals surface area (Å²) in [7, 11) is 0. The van der Waals surface area contributed by atoms with E-state index in [4.69, 9.17) is 18.9 Å². The van der Waals surface area contributed by atoms with Crippen molar-refractivity contribution in [2.45, 2.75) is 83.4 Å². The van der Waals surface area contributed by atoms with Gasteiger partial charge in [0.1, 0.15) is 23.0 Å². The van der Waals surface area contributed by atoms with Crippen molar-refractivity contribution in [2.75, 3.05) is 19.8 Å². The Bertz CT molecular complexity index is 1170. The molecular formula is C29H36F5NO5. The number of hydrogen-bond acceptors (Lipinski definition) is 5. The van der Waals surface area contributed by atoms with Crippen LogP contribution in [0.4, 0.5) is 26.7 Å². The molecule has 0 saturated carbocycles. The number of carbonyl (C=O) groups excluding carboxylic acids is 1. The lowest BCUT2D eigenvalue weighted by Gasteiger charge is -2.44. The number of alkyl carbamates (subject to hydrolysis) is 1. The van der Waals surface area contributed by atoms with Gasteiger partial charge in [0, 0.05) is 6.07 Å². The molecule has 6 nitrogen and oxygen atoms in total. The summed E-state index contributed by atoms with van der Waals surface area (Å²) in [4.78, 5) is 12.5. The minimum absolute atomic E-state index is 0.0845. The van der Waals surface area contributed by atoms with Crippen molar-refractivity contribution in [3.63, 3.8) is 0 Å². The Morgan fingerprint density at radius 3 is 2.27 bits per heavy atom. The number of halogens is 5. The third-order valence-electron chi connectivity index (χ3n) is 6.26. The first-order chi connectivity index (χ1) is 18.5. The molecule has 0 radical (unpaired) electrons. The SMILES string of the molecule is CC(C)(C)OC(=O)NC1(CCc2ccc(OCCCc3ccc(F)cc3F)c(C(F)(F)F)c2)COC(C)(C)OC1. The van der Waals surface area contributed by atoms with Gasteiger partial charge in [-0.25, -0.2) is 13.6 Å². The smallest absolute Gasteiger partial charge is 0.419 e. The van der Waals surface area contributed by atoms with Gasteiger partial charge in [-0.05, 0) is 89.6 Å². The van der Waals surface area contributed by atoms with Crippen LogP contribution in [0.5, 0.6) is 5.75 Å². The largest absolute Gasteiger partial charge is 0.493 e. The average molecular weight is 574 g/mol. The molecule has 11 heteroatoms. The van der Waals surface area contributed by atoms with Crippen molar-refractivity contribution in [1.29, 1.82) is 0 Å². The van der Waals surface area contributed by atoms with Gasteiger partial charge < -0.3 is 24.3 Å². The minimum Gasteiger partial charge on any atom is -0.493 e. The first kappa shape index (κ1) is 31.6. The van der Waals surface area contributed by atoms with Gasteiger partial charge in [-0.15, -0.1) is 0 Å². The number of nitrogens with one attached hydrogen (secondary N) is 1. The molecule has 0 unspecified atom stereocenters. The molecule has 3 rings (SSSR count). The molecule has 1 aliphatic heterocycles. The van der Waals surface area contributed by atoms with E-state index in [9.17, 15) is 26.7 Å². The molecule has 1 heterocycles. The van der Waals surface area contributed by atoms with Crippen LogP contribution in [0.25, 0.3) is 0 Å². The lowest BCUT2D eigenvalue weighted by Crippen LogP contribution is -2.61. The van der Waals surface area contributed by atoms with Gasteiger partial charge in [0.2, 0.25) is 0 Å². The molecule has 0 spiro atoms. The van der Waals surface area contributed by atoms with Crippen LogP contribution >= 0.6 is 0 Å². The van der Waals surface area contributed by atoms with Gasteiger partial charge in [-0.2, -0.15) is 13.2 Å². The summed E-state index contributed by atoms with van der Waals surface area (Å²) >= 11 is 0. The van der Waals surface area contributed by atoms with E-state index in [0.29, 0.717) is 5.56 Å². The first-order valence-corrected chi connectivity index (χ1v) is 13.0. The zero-order chi connectivity index (χ0) is 29.8. The number of amides is 1. The summed E-state index contributed by atoms with van der Waals surface area (Å²) in [6.45, 7) is 8.71. The number of rotatable bonds is 9. The molecule has 2 aromatic rings. The van der Waals surface area contributed by atoms with Crippen LogP contribution in [0.2, 0.25) is 0 Å². The summed E-state index contributed by atoms with van der Waals surface area (Å²) in [6, 6.07) is 6.98. The molecule has 1 amide bonds. The summed E-state index contributed by atoms with van der Waals surface area (Å²) in [5.74, 6) is -2.63. The van der Waals surface area contributed by atoms with Gasteiger partial charge >= 0.3 is 12.3 Å². The van der Waals surface area contributed by atoms with Crippen LogP contribution in [-0.2, 0) is 33.2 Å². The van der Waals surface area contributed by atoms with Gasteiger partial charge in [0.15, 0.2) is 5.79 Å². The van der Waals surface area contributed by atoms with Crippen LogP contribution in [0, 0.1) is 11.6 Å². The maximum absolute atomic E-state index is 13.9. The maximum atomic E-state index is 13.9. The molecule has 40 heavy (non-hydrogen) atoms. The number of aryl methyl sites for hydroxylation is 2. The standard InChI is InChI=1S/C29H36F5NO5/c1-26(2,3)40-25(36)35-28(17-38-27(4,5)39-18-28)13-12-19-8-11-24(22(15-19)29(32,33)34)37-14-6-7-20-9-10-21(30)16-23(20)31/h8-11,15-16H,6-7,12-14,17-18H2,1-5H3,(H,35,36). The zero-order valence-electron chi connectivity index (χ0n) is 23.3. The molecule has 0 aliphatic carbocycles. The quantitative estimate of drug-likeness (QED) is 0.259. The highest BCUT2D eigenvalue weighted by atomic mass is 19.4. The Labute approximate surface area is 231 Å². The fourth-order valence-corrected chi connectivity index (χ4v) is 4.14. The van der Waals surface area contributed by atoms with Gasteiger partial charge in [-0.3, -0.25) is 0 Å². The van der Waals surface area contributed by atoms with Crippen LogP contribution in [0.3, 0.4) is 0 Å². The van der Waals surface area contributed by atoms with E-state index in [1.54, 1.807) is 34.6 Å². The predicted molar refractivity (Wildman–Crippen MR) is 138 cm³/mol. The monoisotopic (exact) mass is 573 g/mol. The molecule has 0 atom stereocenters. The summed E-state index contributed by atoms with van der Waals surface area (Å²) in [5, 5.41) is 2.80. The molecule has 222 valence electrons. The van der Waals surface area contributed by atoms with E-state index in [2.05, 4.69) is 5.32 Å². The number of alkyl halides is 3. The van der Waals surface area contributed by atoms with Gasteiger partial charge in [0.25, 0.3) is 0 Å². The van der Waals surface area contributed by atoms with E-state index in [-0.39, 0.29) is 56.8 Å². The molecule has 1 saturated heterocycles. The molecule has 1 N–H and O–H groups in total. The molecular weight excluding hydrogens is 537 g/mol. The molecule has 1 fully saturated rings. The lowest BCUT2D eigenvalue weighted by molar-refractivity contribution is -0.271. The van der Waals surface area contributed by atoms with Gasteiger partial charge in [0.05, 0.1) is 30.9 Å². The van der Waals surface area contributed by atoms with Gasteiger partial charge in [-0.1, -0.05) is 12.1 Å². The highest BCUT2D eigenvalue weighted by molar-refractivity contribution is 5.69. The van der Waals surface area contributed by atoms with E-state index in [1.165, 1.54) is 18.2 Å². The van der Waals surface area contributed by atoms with E-state index >= 15 is 0 Å². The second kappa shape index (κ2) is 12.3. The Balaban J connectivity index is 1.69. The van der Waals surface area contributed by atoms with E-state index in [0.717, 1.165) is 18.2 Å². The van der Waals surface area contributed by atoms with E-state index < -0.39 is 46.4 Å². The second-order valence-corrected chi connectivity index (χ2v) is 11.4. The first-order valence-electron chi connectivity index (χ1n) is 13.0. The average Bonchev–Trinajstić information content (AvgIpc) is 2.82. The minimum atomic E-state index is -4.68. The number of carbonyl (C=O) groups is 1. The van der Waals surface area contributed by atoms with Crippen molar-refractivity contribution in [3.8, 4) is 5.75 Å². The van der Waals surface area contributed by atoms with Crippen molar-refractivity contribution in [1.82, 2.24) is 5.32 Å². The Morgan fingerprint density at radius 1 is 1.00 bits per heavy atom. The lowest BCUT2D eigenvalue weighted by atomic mass is 9.91. The third-order valence-corrected chi connectivity index (χ3v) is 6.26. The van der Waals surface area contributed by atoms with Crippen LogP contribution in [0.15, 0.2) is 36.4 Å². The fraction of sp³-hybridized carbons (Fsp3) is 0.552. The maximum Gasteiger partial charge on any atom is 0.419 e. The van der Waals surface area contributed by atoms with Crippen molar-refractivity contribution in [3.05, 3.63) is 64.7 Å². The van der Waals surface area contributed by atoms with Crippen molar-refractivity contribution in [2.24, 2.45) is 0 Å². The molecule has 1 aliphatic rings. The zero-order valence-corrected chi connectivity index (χ0v) is 23.3. The Kier molecular flexibility index (Phi) is 9.72. The third kappa shape index (κ3) is 9.33. The molecule has 0 bridgehead atoms. The summed E-state index contributed by atoms with van der Waals surface area (Å²) < 4.78 is 90.9.